The Morgan fingerprint density at radius 2 is 1.95 bits per heavy atom. The van der Waals surface area contributed by atoms with E-state index in [1.165, 1.54) is 11.3 Å². The molecule has 0 bridgehead atoms. The van der Waals surface area contributed by atoms with Gasteiger partial charge in [0.05, 0.1) is 4.88 Å². The van der Waals surface area contributed by atoms with E-state index in [-0.39, 0.29) is 11.7 Å². The molecule has 0 atom stereocenters. The van der Waals surface area contributed by atoms with E-state index in [4.69, 9.17) is 4.42 Å². The maximum absolute atomic E-state index is 12.2. The smallest absolute Gasteiger partial charge is 0.305 e. The van der Waals surface area contributed by atoms with E-state index in [9.17, 15) is 9.59 Å². The van der Waals surface area contributed by atoms with Gasteiger partial charge in [-0.15, -0.1) is 11.3 Å². The van der Waals surface area contributed by atoms with E-state index in [0.29, 0.717) is 10.5 Å². The summed E-state index contributed by atoms with van der Waals surface area (Å²) in [6.07, 6.45) is 0. The third-order valence-corrected chi connectivity index (χ3v) is 4.50. The SMILES string of the molecule is Cc1c(C(=O)NNC(=O)c2cccs2)oc2ccc(Br)cc12. The lowest BCUT2D eigenvalue weighted by molar-refractivity contribution is 0.0833. The molecule has 3 aromatic rings. The second-order valence-electron chi connectivity index (χ2n) is 4.58. The molecule has 2 amide bonds. The van der Waals surface area contributed by atoms with Crippen LogP contribution in [0, 0.1) is 6.92 Å². The highest BCUT2D eigenvalue weighted by Gasteiger charge is 2.18. The van der Waals surface area contributed by atoms with Gasteiger partial charge in [0, 0.05) is 15.4 Å². The molecule has 0 aliphatic heterocycles. The standard InChI is InChI=1S/C15H11BrN2O3S/c1-8-10-7-9(16)4-5-11(10)21-13(8)15(20)18-17-14(19)12-3-2-6-22-12/h2-7H,1H3,(H,17,19)(H,18,20). The fourth-order valence-corrected chi connectivity index (χ4v) is 3.03. The monoisotopic (exact) mass is 378 g/mol. The molecule has 0 saturated carbocycles. The number of benzene rings is 1. The van der Waals surface area contributed by atoms with Crippen molar-refractivity contribution in [1.29, 1.82) is 0 Å². The summed E-state index contributed by atoms with van der Waals surface area (Å²) in [6, 6.07) is 8.95. The van der Waals surface area contributed by atoms with Crippen LogP contribution in [0.15, 0.2) is 44.6 Å². The number of hydrazine groups is 1. The van der Waals surface area contributed by atoms with Gasteiger partial charge in [0.25, 0.3) is 5.91 Å². The van der Waals surface area contributed by atoms with Crippen molar-refractivity contribution in [1.82, 2.24) is 10.9 Å². The van der Waals surface area contributed by atoms with Crippen molar-refractivity contribution in [2.75, 3.05) is 0 Å². The van der Waals surface area contributed by atoms with Crippen molar-refractivity contribution in [2.24, 2.45) is 0 Å². The molecule has 0 unspecified atom stereocenters. The zero-order chi connectivity index (χ0) is 15.7. The van der Waals surface area contributed by atoms with E-state index in [0.717, 1.165) is 15.4 Å². The first-order valence-electron chi connectivity index (χ1n) is 6.39. The van der Waals surface area contributed by atoms with E-state index in [2.05, 4.69) is 26.8 Å². The van der Waals surface area contributed by atoms with Crippen molar-refractivity contribution in [2.45, 2.75) is 6.92 Å². The molecule has 7 heteroatoms. The van der Waals surface area contributed by atoms with Gasteiger partial charge in [0.2, 0.25) is 0 Å². The Bertz CT molecular complexity index is 855. The number of thiophene rings is 1. The summed E-state index contributed by atoms with van der Waals surface area (Å²) in [5, 5.41) is 2.64. The molecule has 0 fully saturated rings. The van der Waals surface area contributed by atoms with Gasteiger partial charge in [-0.25, -0.2) is 0 Å². The number of fused-ring (bicyclic) bond motifs is 1. The number of amides is 2. The van der Waals surface area contributed by atoms with Gasteiger partial charge in [-0.3, -0.25) is 20.4 Å². The molecule has 2 heterocycles. The Kier molecular flexibility index (Phi) is 4.00. The van der Waals surface area contributed by atoms with Crippen LogP contribution in [0.25, 0.3) is 11.0 Å². The first-order chi connectivity index (χ1) is 10.6. The number of rotatable bonds is 2. The van der Waals surface area contributed by atoms with E-state index >= 15 is 0 Å². The van der Waals surface area contributed by atoms with E-state index in [1.54, 1.807) is 30.5 Å². The molecule has 0 aliphatic rings. The maximum atomic E-state index is 12.2. The first-order valence-corrected chi connectivity index (χ1v) is 8.06. The molecular formula is C15H11BrN2O3S. The van der Waals surface area contributed by atoms with Crippen molar-refractivity contribution >= 4 is 50.1 Å². The predicted octanol–water partition coefficient (Wildman–Crippen LogP) is 3.64. The topological polar surface area (TPSA) is 71.3 Å². The molecule has 2 N–H and O–H groups in total. The van der Waals surface area contributed by atoms with E-state index < -0.39 is 5.91 Å². The molecule has 3 rings (SSSR count). The summed E-state index contributed by atoms with van der Waals surface area (Å²) < 4.78 is 6.46. The summed E-state index contributed by atoms with van der Waals surface area (Å²) in [6.45, 7) is 1.80. The molecule has 0 saturated heterocycles. The highest BCUT2D eigenvalue weighted by Crippen LogP contribution is 2.27. The summed E-state index contributed by atoms with van der Waals surface area (Å²) >= 11 is 4.68. The normalized spacial score (nSPS) is 10.6. The van der Waals surface area contributed by atoms with Crippen LogP contribution in [0.4, 0.5) is 0 Å². The maximum Gasteiger partial charge on any atom is 0.305 e. The third-order valence-electron chi connectivity index (χ3n) is 3.14. The predicted molar refractivity (Wildman–Crippen MR) is 87.9 cm³/mol. The van der Waals surface area contributed by atoms with Crippen LogP contribution in [-0.2, 0) is 0 Å². The number of furan rings is 1. The summed E-state index contributed by atoms with van der Waals surface area (Å²) in [5.74, 6) is -0.672. The van der Waals surface area contributed by atoms with Gasteiger partial charge in [-0.1, -0.05) is 22.0 Å². The highest BCUT2D eigenvalue weighted by molar-refractivity contribution is 9.10. The van der Waals surface area contributed by atoms with Gasteiger partial charge in [-0.2, -0.15) is 0 Å². The molecule has 2 aromatic heterocycles. The average Bonchev–Trinajstić information content (AvgIpc) is 3.14. The Balaban J connectivity index is 1.78. The molecule has 112 valence electrons. The van der Waals surface area contributed by atoms with Crippen LogP contribution in [-0.4, -0.2) is 11.8 Å². The summed E-state index contributed by atoms with van der Waals surface area (Å²) in [4.78, 5) is 24.5. The number of hydrogen-bond acceptors (Lipinski definition) is 4. The minimum absolute atomic E-state index is 0.180. The molecule has 22 heavy (non-hydrogen) atoms. The quantitative estimate of drug-likeness (QED) is 0.668. The number of halogens is 1. The lowest BCUT2D eigenvalue weighted by Crippen LogP contribution is -2.41. The van der Waals surface area contributed by atoms with Crippen LogP contribution in [0.5, 0.6) is 0 Å². The Morgan fingerprint density at radius 3 is 2.68 bits per heavy atom. The zero-order valence-electron chi connectivity index (χ0n) is 11.5. The zero-order valence-corrected chi connectivity index (χ0v) is 13.9. The van der Waals surface area contributed by atoms with Gasteiger partial charge >= 0.3 is 5.91 Å². The summed E-state index contributed by atoms with van der Waals surface area (Å²) in [7, 11) is 0. The molecule has 0 aliphatic carbocycles. The number of carbonyl (C=O) groups excluding carboxylic acids is 2. The number of nitrogens with one attached hydrogen (secondary N) is 2. The molecular weight excluding hydrogens is 368 g/mol. The molecule has 1 aromatic carbocycles. The number of carbonyl (C=O) groups is 2. The van der Waals surface area contributed by atoms with Crippen molar-refractivity contribution in [3.05, 3.63) is 56.4 Å². The van der Waals surface area contributed by atoms with Crippen molar-refractivity contribution < 1.29 is 14.0 Å². The fraction of sp³-hybridized carbons (Fsp3) is 0.0667. The van der Waals surface area contributed by atoms with Gasteiger partial charge in [-0.05, 0) is 36.6 Å². The largest absolute Gasteiger partial charge is 0.451 e. The third kappa shape index (κ3) is 2.77. The second-order valence-corrected chi connectivity index (χ2v) is 6.45. The Morgan fingerprint density at radius 1 is 1.18 bits per heavy atom. The Labute approximate surface area is 138 Å². The minimum Gasteiger partial charge on any atom is -0.451 e. The molecule has 0 radical (unpaired) electrons. The van der Waals surface area contributed by atoms with Crippen LogP contribution < -0.4 is 10.9 Å². The average molecular weight is 379 g/mol. The van der Waals surface area contributed by atoms with Crippen LogP contribution >= 0.6 is 27.3 Å². The highest BCUT2D eigenvalue weighted by atomic mass is 79.9. The number of hydrogen-bond donors (Lipinski definition) is 2. The van der Waals surface area contributed by atoms with E-state index in [1.807, 2.05) is 12.1 Å². The second kappa shape index (κ2) is 5.94. The molecule has 5 nitrogen and oxygen atoms in total. The molecule has 0 spiro atoms. The fourth-order valence-electron chi connectivity index (χ4n) is 2.05. The summed E-state index contributed by atoms with van der Waals surface area (Å²) in [5.41, 5.74) is 6.08. The number of aryl methyl sites for hydroxylation is 1. The van der Waals surface area contributed by atoms with Crippen LogP contribution in [0.2, 0.25) is 0 Å². The van der Waals surface area contributed by atoms with Crippen molar-refractivity contribution in [3.8, 4) is 0 Å². The van der Waals surface area contributed by atoms with Gasteiger partial charge in [0.1, 0.15) is 5.58 Å². The Hall–Kier alpha value is -2.12. The van der Waals surface area contributed by atoms with Crippen LogP contribution in [0.1, 0.15) is 25.8 Å². The van der Waals surface area contributed by atoms with Crippen LogP contribution in [0.3, 0.4) is 0 Å². The first kappa shape index (κ1) is 14.8. The van der Waals surface area contributed by atoms with Gasteiger partial charge < -0.3 is 4.42 Å². The lowest BCUT2D eigenvalue weighted by Gasteiger charge is -2.04. The van der Waals surface area contributed by atoms with Gasteiger partial charge in [0.15, 0.2) is 5.76 Å². The van der Waals surface area contributed by atoms with Crippen molar-refractivity contribution in [3.63, 3.8) is 0 Å². The lowest BCUT2D eigenvalue weighted by atomic mass is 10.1. The minimum atomic E-state index is -0.491.